The van der Waals surface area contributed by atoms with Crippen LogP contribution in [-0.4, -0.2) is 50.8 Å². The fourth-order valence-corrected chi connectivity index (χ4v) is 4.72. The largest absolute Gasteiger partial charge is 0.375 e. The van der Waals surface area contributed by atoms with E-state index in [1.807, 2.05) is 0 Å². The van der Waals surface area contributed by atoms with Crippen LogP contribution in [0.2, 0.25) is 0 Å². The van der Waals surface area contributed by atoms with Crippen molar-refractivity contribution in [2.45, 2.75) is 50.7 Å². The number of morpholine rings is 1. The Kier molecular flexibility index (Phi) is 5.75. The first kappa shape index (κ1) is 17.8. The van der Waals surface area contributed by atoms with Gasteiger partial charge in [0, 0.05) is 43.8 Å². The van der Waals surface area contributed by atoms with Gasteiger partial charge >= 0.3 is 0 Å². The molecule has 0 spiro atoms. The van der Waals surface area contributed by atoms with Gasteiger partial charge in [-0.3, -0.25) is 4.79 Å². The monoisotopic (exact) mass is 357 g/mol. The molecule has 5 heteroatoms. The summed E-state index contributed by atoms with van der Waals surface area (Å²) in [5.74, 6) is 0.371. The second kappa shape index (κ2) is 8.40. The molecule has 1 amide bonds. The van der Waals surface area contributed by atoms with E-state index in [-0.39, 0.29) is 11.8 Å². The van der Waals surface area contributed by atoms with Crippen molar-refractivity contribution in [1.29, 1.82) is 0 Å². The van der Waals surface area contributed by atoms with E-state index in [4.69, 9.17) is 4.74 Å². The normalized spacial score (nSPS) is 28.2. The molecule has 5 nitrogen and oxygen atoms in total. The number of para-hydroxylation sites is 1. The molecule has 2 fully saturated rings. The highest BCUT2D eigenvalue weighted by molar-refractivity contribution is 5.78. The van der Waals surface area contributed by atoms with Crippen molar-refractivity contribution < 1.29 is 9.53 Å². The summed E-state index contributed by atoms with van der Waals surface area (Å²) in [5, 5.41) is 6.69. The number of benzene rings is 1. The van der Waals surface area contributed by atoms with Gasteiger partial charge in [0.15, 0.2) is 0 Å². The molecule has 1 saturated carbocycles. The first-order valence-corrected chi connectivity index (χ1v) is 10.3. The number of aryl methyl sites for hydroxylation is 1. The minimum absolute atomic E-state index is 0.140. The number of nitrogens with one attached hydrogen (secondary N) is 2. The average Bonchev–Trinajstić information content (AvgIpc) is 2.70. The summed E-state index contributed by atoms with van der Waals surface area (Å²) < 4.78 is 5.80. The molecular weight excluding hydrogens is 326 g/mol. The van der Waals surface area contributed by atoms with Gasteiger partial charge in [-0.2, -0.15) is 0 Å². The van der Waals surface area contributed by atoms with E-state index >= 15 is 0 Å². The SMILES string of the molecule is O=C(NCCCN1CCCc2ccccc21)[C@H]1CC[C@H]2OCCN[C@@H]2C1. The number of hydrogen-bond donors (Lipinski definition) is 2. The van der Waals surface area contributed by atoms with Crippen LogP contribution in [0.1, 0.15) is 37.7 Å². The molecule has 4 rings (SSSR count). The zero-order chi connectivity index (χ0) is 17.8. The molecular formula is C21H31N3O2. The number of fused-ring (bicyclic) bond motifs is 2. The van der Waals surface area contributed by atoms with Crippen LogP contribution in [0, 0.1) is 5.92 Å². The lowest BCUT2D eigenvalue weighted by atomic mass is 9.82. The maximum atomic E-state index is 12.5. The summed E-state index contributed by atoms with van der Waals surface area (Å²) in [4.78, 5) is 15.0. The molecule has 3 aliphatic rings. The lowest BCUT2D eigenvalue weighted by molar-refractivity contribution is -0.128. The summed E-state index contributed by atoms with van der Waals surface area (Å²) in [7, 11) is 0. The number of carbonyl (C=O) groups is 1. The minimum atomic E-state index is 0.140. The van der Waals surface area contributed by atoms with Gasteiger partial charge < -0.3 is 20.3 Å². The van der Waals surface area contributed by atoms with Crippen LogP contribution in [0.4, 0.5) is 5.69 Å². The van der Waals surface area contributed by atoms with E-state index in [0.29, 0.717) is 12.1 Å². The standard InChI is InChI=1S/C21H31N3O2/c25-21(17-8-9-20-18(15-17)22-11-14-26-20)23-10-4-13-24-12-3-6-16-5-1-2-7-19(16)24/h1-2,5,7,17-18,20,22H,3-4,6,8-15H2,(H,23,25)/t17-,18+,20+/m0/s1. The Morgan fingerprint density at radius 3 is 3.19 bits per heavy atom. The third kappa shape index (κ3) is 4.04. The molecule has 2 N–H and O–H groups in total. The molecule has 0 aromatic heterocycles. The number of nitrogens with zero attached hydrogens (tertiary/aromatic N) is 1. The van der Waals surface area contributed by atoms with Crippen LogP contribution >= 0.6 is 0 Å². The van der Waals surface area contributed by atoms with E-state index in [1.54, 1.807) is 0 Å². The average molecular weight is 357 g/mol. The Hall–Kier alpha value is -1.59. The molecule has 1 aromatic rings. The van der Waals surface area contributed by atoms with Crippen molar-refractivity contribution in [2.75, 3.05) is 37.7 Å². The molecule has 142 valence electrons. The molecule has 1 saturated heterocycles. The molecule has 0 radical (unpaired) electrons. The van der Waals surface area contributed by atoms with E-state index in [2.05, 4.69) is 39.8 Å². The van der Waals surface area contributed by atoms with E-state index in [0.717, 1.165) is 58.5 Å². The highest BCUT2D eigenvalue weighted by Gasteiger charge is 2.35. The Bertz CT molecular complexity index is 621. The van der Waals surface area contributed by atoms with Crippen molar-refractivity contribution in [1.82, 2.24) is 10.6 Å². The molecule has 3 atom stereocenters. The van der Waals surface area contributed by atoms with Gasteiger partial charge in [0.25, 0.3) is 0 Å². The van der Waals surface area contributed by atoms with Gasteiger partial charge in [-0.1, -0.05) is 18.2 Å². The zero-order valence-electron chi connectivity index (χ0n) is 15.6. The van der Waals surface area contributed by atoms with Crippen LogP contribution in [0.5, 0.6) is 0 Å². The van der Waals surface area contributed by atoms with Crippen LogP contribution < -0.4 is 15.5 Å². The predicted molar refractivity (Wildman–Crippen MR) is 103 cm³/mol. The number of hydrogen-bond acceptors (Lipinski definition) is 4. The number of ether oxygens (including phenoxy) is 1. The van der Waals surface area contributed by atoms with Crippen LogP contribution in [0.15, 0.2) is 24.3 Å². The van der Waals surface area contributed by atoms with Gasteiger partial charge in [-0.25, -0.2) is 0 Å². The predicted octanol–water partition coefficient (Wildman–Crippen LogP) is 2.10. The van der Waals surface area contributed by atoms with Crippen molar-refractivity contribution >= 4 is 11.6 Å². The maximum absolute atomic E-state index is 12.5. The van der Waals surface area contributed by atoms with Gasteiger partial charge in [0.1, 0.15) is 0 Å². The highest BCUT2D eigenvalue weighted by atomic mass is 16.5. The maximum Gasteiger partial charge on any atom is 0.223 e. The fourth-order valence-electron chi connectivity index (χ4n) is 4.72. The molecule has 1 aliphatic carbocycles. The van der Waals surface area contributed by atoms with E-state index < -0.39 is 0 Å². The molecule has 2 aliphatic heterocycles. The molecule has 26 heavy (non-hydrogen) atoms. The van der Waals surface area contributed by atoms with Crippen molar-refractivity contribution in [3.63, 3.8) is 0 Å². The van der Waals surface area contributed by atoms with E-state index in [9.17, 15) is 4.79 Å². The first-order valence-electron chi connectivity index (χ1n) is 10.3. The Morgan fingerprint density at radius 2 is 2.23 bits per heavy atom. The first-order chi connectivity index (χ1) is 12.8. The van der Waals surface area contributed by atoms with Crippen LogP contribution in [0.3, 0.4) is 0 Å². The number of anilines is 1. The third-order valence-electron chi connectivity index (χ3n) is 6.11. The van der Waals surface area contributed by atoms with Gasteiger partial charge in [0.05, 0.1) is 12.7 Å². The quantitative estimate of drug-likeness (QED) is 0.793. The summed E-state index contributed by atoms with van der Waals surface area (Å²) in [6, 6.07) is 9.08. The van der Waals surface area contributed by atoms with Gasteiger partial charge in [-0.15, -0.1) is 0 Å². The highest BCUT2D eigenvalue weighted by Crippen LogP contribution is 2.29. The smallest absolute Gasteiger partial charge is 0.223 e. The molecule has 1 aromatic carbocycles. The van der Waals surface area contributed by atoms with Gasteiger partial charge in [-0.05, 0) is 50.2 Å². The minimum Gasteiger partial charge on any atom is -0.375 e. The van der Waals surface area contributed by atoms with Crippen LogP contribution in [-0.2, 0) is 16.0 Å². The fraction of sp³-hybridized carbons (Fsp3) is 0.667. The molecule has 2 heterocycles. The topological polar surface area (TPSA) is 53.6 Å². The summed E-state index contributed by atoms with van der Waals surface area (Å²) >= 11 is 0. The molecule has 0 unspecified atom stereocenters. The van der Waals surface area contributed by atoms with E-state index in [1.165, 1.54) is 24.1 Å². The Labute approximate surface area is 156 Å². The summed E-state index contributed by atoms with van der Waals surface area (Å²) in [6.45, 7) is 4.63. The second-order valence-electron chi connectivity index (χ2n) is 7.84. The van der Waals surface area contributed by atoms with Gasteiger partial charge in [0.2, 0.25) is 5.91 Å². The Balaban J connectivity index is 1.20. The number of rotatable bonds is 5. The molecule has 0 bridgehead atoms. The lowest BCUT2D eigenvalue weighted by Gasteiger charge is -2.39. The second-order valence-corrected chi connectivity index (χ2v) is 7.84. The van der Waals surface area contributed by atoms with Crippen molar-refractivity contribution in [3.05, 3.63) is 29.8 Å². The van der Waals surface area contributed by atoms with Crippen molar-refractivity contribution in [2.24, 2.45) is 5.92 Å². The lowest BCUT2D eigenvalue weighted by Crippen LogP contribution is -2.53. The van der Waals surface area contributed by atoms with Crippen LogP contribution in [0.25, 0.3) is 0 Å². The Morgan fingerprint density at radius 1 is 1.31 bits per heavy atom. The zero-order valence-corrected chi connectivity index (χ0v) is 15.6. The number of amides is 1. The number of carbonyl (C=O) groups excluding carboxylic acids is 1. The summed E-state index contributed by atoms with van der Waals surface area (Å²) in [6.07, 6.45) is 6.59. The summed E-state index contributed by atoms with van der Waals surface area (Å²) in [5.41, 5.74) is 2.84. The third-order valence-corrected chi connectivity index (χ3v) is 6.11. The van der Waals surface area contributed by atoms with Crippen molar-refractivity contribution in [3.8, 4) is 0 Å².